The molecule has 6 atom stereocenters. The topological polar surface area (TPSA) is 275 Å². The molecular formula is C50H78N4O16P2. The van der Waals surface area contributed by atoms with Crippen molar-refractivity contribution in [2.45, 2.75) is 175 Å². The fraction of sp³-hybridized carbons (Fsp3) is 0.620. The average molecular weight is 1050 g/mol. The third kappa shape index (κ3) is 22.9. The van der Waals surface area contributed by atoms with Crippen molar-refractivity contribution in [1.29, 1.82) is 0 Å². The molecule has 1 fully saturated rings. The molecule has 22 heteroatoms. The zero-order valence-electron chi connectivity index (χ0n) is 42.6. The van der Waals surface area contributed by atoms with Gasteiger partial charge in [-0.05, 0) is 67.9 Å². The predicted octanol–water partition coefficient (Wildman–Crippen LogP) is 9.08. The molecule has 1 saturated heterocycles. The summed E-state index contributed by atoms with van der Waals surface area (Å²) in [6.07, 6.45) is 11.5. The van der Waals surface area contributed by atoms with Gasteiger partial charge in [0.25, 0.3) is 11.5 Å². The first-order chi connectivity index (χ1) is 34.5. The molecule has 4 rings (SSSR count). The second kappa shape index (κ2) is 33.6. The lowest BCUT2D eigenvalue weighted by Gasteiger charge is -2.22. The Hall–Kier alpha value is -4.17. The lowest BCUT2D eigenvalue weighted by Crippen LogP contribution is -2.38. The number of phosphoric ester groups is 2. The first-order valence-corrected chi connectivity index (χ1v) is 28.2. The molecule has 2 aromatic carbocycles. The lowest BCUT2D eigenvalue weighted by atomic mass is 10.0. The fourth-order valence-corrected chi connectivity index (χ4v) is 9.98. The summed E-state index contributed by atoms with van der Waals surface area (Å²) in [7, 11) is -10.4. The monoisotopic (exact) mass is 1050 g/mol. The van der Waals surface area contributed by atoms with Crippen LogP contribution in [-0.4, -0.2) is 92.0 Å². The molecule has 2 unspecified atom stereocenters. The molecule has 0 spiro atoms. The Labute approximate surface area is 424 Å². The van der Waals surface area contributed by atoms with Gasteiger partial charge in [-0.1, -0.05) is 136 Å². The van der Waals surface area contributed by atoms with Crippen molar-refractivity contribution in [2.75, 3.05) is 26.2 Å². The highest BCUT2D eigenvalue weighted by Gasteiger charge is 2.46. The van der Waals surface area contributed by atoms with E-state index in [-0.39, 0.29) is 30.3 Å². The maximum atomic E-state index is 14.0. The highest BCUT2D eigenvalue weighted by Crippen LogP contribution is 2.64. The van der Waals surface area contributed by atoms with E-state index in [1.54, 1.807) is 0 Å². The Morgan fingerprint density at radius 3 is 1.58 bits per heavy atom. The van der Waals surface area contributed by atoms with Crippen molar-refractivity contribution >= 4 is 33.5 Å². The number of hydrogen-bond donors (Lipinski definition) is 4. The Morgan fingerprint density at radius 1 is 0.681 bits per heavy atom. The number of benzene rings is 2. The van der Waals surface area contributed by atoms with Crippen LogP contribution in [0.15, 0.2) is 65.7 Å². The van der Waals surface area contributed by atoms with Crippen LogP contribution >= 0.6 is 15.6 Å². The number of carbonyl (C=O) groups excluding carboxylic acids is 3. The van der Waals surface area contributed by atoms with Crippen LogP contribution < -0.4 is 20.8 Å². The summed E-state index contributed by atoms with van der Waals surface area (Å²) >= 11 is 0. The second-order valence-corrected chi connectivity index (χ2v) is 20.6. The summed E-state index contributed by atoms with van der Waals surface area (Å²) in [5, 5.41) is 21.3. The van der Waals surface area contributed by atoms with Crippen LogP contribution in [0.5, 0.6) is 11.5 Å². The Bertz CT molecular complexity index is 2200. The molecule has 0 saturated carbocycles. The number of carbonyl (C=O) groups is 3. The summed E-state index contributed by atoms with van der Waals surface area (Å²) in [6.45, 7) is 12.4. The van der Waals surface area contributed by atoms with Gasteiger partial charge >= 0.3 is 27.6 Å². The van der Waals surface area contributed by atoms with E-state index in [1.807, 2.05) is 6.92 Å². The van der Waals surface area contributed by atoms with Crippen molar-refractivity contribution in [1.82, 2.24) is 14.5 Å². The van der Waals surface area contributed by atoms with Crippen molar-refractivity contribution < 1.29 is 70.7 Å². The molecule has 20 nitrogen and oxygen atoms in total. The van der Waals surface area contributed by atoms with Crippen LogP contribution in [-0.2, 0) is 54.6 Å². The first-order valence-electron chi connectivity index (χ1n) is 25.3. The number of rotatable bonds is 34. The minimum atomic E-state index is -5.40. The Kier molecular flexibility index (Phi) is 29.0. The third-order valence-electron chi connectivity index (χ3n) is 11.7. The minimum Gasteiger partial charge on any atom is -0.427 e. The van der Waals surface area contributed by atoms with Gasteiger partial charge in [0.15, 0.2) is 11.9 Å². The SMILES string of the molecule is CCCCCCCCCCCCCCC(=O)Oc1ccc(COP(=O)(OCc2ccc(OC(=O)CCCC)cc2)OP(=O)(O)OC[C@H]2O[C@@H](n3ccnc(C(N)=O)c3=O)[C@H](O)[C@@H]2O)cc1.CCN(CC)CC. The summed E-state index contributed by atoms with van der Waals surface area (Å²) in [4.78, 5) is 65.6. The number of aliphatic hydroxyl groups excluding tert-OH is 2. The Morgan fingerprint density at radius 2 is 1.14 bits per heavy atom. The number of primary amides is 1. The molecule has 2 heterocycles. The number of ether oxygens (including phenoxy) is 3. The van der Waals surface area contributed by atoms with Crippen molar-refractivity contribution in [3.63, 3.8) is 0 Å². The smallest absolute Gasteiger partial charge is 0.427 e. The summed E-state index contributed by atoms with van der Waals surface area (Å²) in [6, 6.07) is 12.0. The van der Waals surface area contributed by atoms with E-state index < -0.39 is 83.1 Å². The number of aliphatic hydroxyl groups is 2. The van der Waals surface area contributed by atoms with Crippen molar-refractivity contribution in [3.05, 3.63) is 88.1 Å². The van der Waals surface area contributed by atoms with Crippen LogP contribution in [0.25, 0.3) is 0 Å². The van der Waals surface area contributed by atoms with Gasteiger partial charge < -0.3 is 40.0 Å². The Balaban J connectivity index is 0.00000181. The maximum absolute atomic E-state index is 14.0. The molecule has 5 N–H and O–H groups in total. The van der Waals surface area contributed by atoms with Crippen LogP contribution in [0.1, 0.15) is 165 Å². The molecule has 1 amide bonds. The van der Waals surface area contributed by atoms with E-state index in [1.165, 1.54) is 120 Å². The van der Waals surface area contributed by atoms with Gasteiger partial charge in [0, 0.05) is 25.2 Å². The van der Waals surface area contributed by atoms with Crippen LogP contribution in [0.4, 0.5) is 0 Å². The van der Waals surface area contributed by atoms with Crippen LogP contribution in [0.2, 0.25) is 0 Å². The number of phosphoric acid groups is 2. The molecule has 404 valence electrons. The van der Waals surface area contributed by atoms with Crippen molar-refractivity contribution in [2.24, 2.45) is 5.73 Å². The van der Waals surface area contributed by atoms with Gasteiger partial charge in [0.05, 0.1) is 19.8 Å². The zero-order valence-corrected chi connectivity index (χ0v) is 44.4. The van der Waals surface area contributed by atoms with Crippen LogP contribution in [0, 0.1) is 0 Å². The molecule has 0 aliphatic carbocycles. The maximum Gasteiger partial charge on any atom is 0.484 e. The fourth-order valence-electron chi connectivity index (χ4n) is 7.37. The number of aromatic nitrogens is 2. The van der Waals surface area contributed by atoms with Gasteiger partial charge in [0.1, 0.15) is 29.8 Å². The molecule has 1 aliphatic heterocycles. The summed E-state index contributed by atoms with van der Waals surface area (Å²) in [5.74, 6) is -1.42. The lowest BCUT2D eigenvalue weighted by molar-refractivity contribution is -0.135. The van der Waals surface area contributed by atoms with Gasteiger partial charge in [-0.15, -0.1) is 0 Å². The van der Waals surface area contributed by atoms with E-state index in [9.17, 15) is 43.4 Å². The van der Waals surface area contributed by atoms with E-state index in [0.717, 1.165) is 49.1 Å². The van der Waals surface area contributed by atoms with Gasteiger partial charge in [-0.25, -0.2) is 14.1 Å². The molecular weight excluding hydrogens is 975 g/mol. The standard InChI is InChI=1S/C44H63N3O16P2.C6H15N/c1-3-5-7-8-9-10-11-12-13-14-15-16-18-38(49)61-35-25-21-33(22-26-35)30-59-65(56,58-29-32-19-23-34(24-20-32)60-37(48)17-6-4-2)63-64(54,55)57-31-36-40(50)41(51)44(62-36)47-28-27-46-39(42(45)52)43(47)53;1-4-7(5-2)6-3/h19-28,36,40-41,44,50-51H,3-18,29-31H2,1-2H3,(H2,45,52)(H,54,55);4-6H2,1-3H3/t36-,40-,41-,44-,65?;/m1./s1. The largest absolute Gasteiger partial charge is 0.484 e. The number of nitrogens with zero attached hydrogens (tertiary/aromatic N) is 3. The number of unbranched alkanes of at least 4 members (excludes halogenated alkanes) is 12. The van der Waals surface area contributed by atoms with E-state index in [4.69, 9.17) is 37.8 Å². The quantitative estimate of drug-likeness (QED) is 0.0188. The highest BCUT2D eigenvalue weighted by atomic mass is 31.3. The first kappa shape index (κ1) is 62.1. The second-order valence-electron chi connectivity index (χ2n) is 17.3. The van der Waals surface area contributed by atoms with Gasteiger partial charge in [0.2, 0.25) is 0 Å². The van der Waals surface area contributed by atoms with E-state index >= 15 is 0 Å². The normalized spacial score (nSPS) is 18.2. The summed E-state index contributed by atoms with van der Waals surface area (Å²) in [5.41, 5.74) is 4.25. The molecule has 1 aromatic heterocycles. The van der Waals surface area contributed by atoms with E-state index in [2.05, 4.69) is 37.6 Å². The van der Waals surface area contributed by atoms with E-state index in [0.29, 0.717) is 17.5 Å². The minimum absolute atomic E-state index is 0.242. The summed E-state index contributed by atoms with van der Waals surface area (Å²) < 4.78 is 65.3. The molecule has 72 heavy (non-hydrogen) atoms. The number of amides is 1. The zero-order chi connectivity index (χ0) is 52.9. The molecule has 0 bridgehead atoms. The highest BCUT2D eigenvalue weighted by molar-refractivity contribution is 7.61. The number of nitrogens with two attached hydrogens (primary N) is 1. The van der Waals surface area contributed by atoms with Gasteiger partial charge in [-0.3, -0.25) is 37.3 Å². The third-order valence-corrected chi connectivity index (χ3v) is 14.7. The number of hydrogen-bond acceptors (Lipinski definition) is 17. The average Bonchev–Trinajstić information content (AvgIpc) is 3.64. The van der Waals surface area contributed by atoms with Crippen LogP contribution in [0.3, 0.4) is 0 Å². The molecule has 3 aromatic rings. The van der Waals surface area contributed by atoms with Gasteiger partial charge in [-0.2, -0.15) is 4.31 Å². The predicted molar refractivity (Wildman–Crippen MR) is 270 cm³/mol. The van der Waals surface area contributed by atoms with Crippen molar-refractivity contribution in [3.8, 4) is 11.5 Å². The number of esters is 2. The molecule has 1 aliphatic rings. The molecule has 0 radical (unpaired) electrons.